The van der Waals surface area contributed by atoms with Crippen LogP contribution in [0.15, 0.2) is 96.1 Å². The summed E-state index contributed by atoms with van der Waals surface area (Å²) in [5.74, 6) is 0.638. The number of ether oxygens (including phenoxy) is 3. The largest absolute Gasteiger partial charge is 0.490 e. The number of benzene rings is 4. The Morgan fingerprint density at radius 1 is 0.868 bits per heavy atom. The second kappa shape index (κ2) is 13.3. The number of rotatable bonds is 11. The minimum Gasteiger partial charge on any atom is -0.490 e. The first-order valence-corrected chi connectivity index (χ1v) is 12.3. The molecule has 0 aliphatic heterocycles. The van der Waals surface area contributed by atoms with Crippen molar-refractivity contribution >= 4 is 23.7 Å². The van der Waals surface area contributed by atoms with Gasteiger partial charge in [-0.3, -0.25) is 4.79 Å². The Morgan fingerprint density at radius 2 is 1.61 bits per heavy atom. The maximum atomic E-state index is 13.9. The third-order valence-electron chi connectivity index (χ3n) is 5.43. The van der Waals surface area contributed by atoms with E-state index in [9.17, 15) is 9.18 Å². The third kappa shape index (κ3) is 7.33. The number of hydrogen-bond donors (Lipinski definition) is 1. The summed E-state index contributed by atoms with van der Waals surface area (Å²) in [7, 11) is 0. The number of hydrazone groups is 1. The molecule has 0 heterocycles. The van der Waals surface area contributed by atoms with Crippen molar-refractivity contribution in [1.29, 1.82) is 0 Å². The van der Waals surface area contributed by atoms with Crippen LogP contribution in [0.3, 0.4) is 0 Å². The van der Waals surface area contributed by atoms with E-state index in [2.05, 4.69) is 10.5 Å². The van der Waals surface area contributed by atoms with Crippen molar-refractivity contribution < 1.29 is 23.4 Å². The van der Waals surface area contributed by atoms with Gasteiger partial charge in [-0.1, -0.05) is 60.1 Å². The lowest BCUT2D eigenvalue weighted by Gasteiger charge is -2.13. The van der Waals surface area contributed by atoms with E-state index in [1.165, 1.54) is 12.3 Å². The fraction of sp³-hybridized carbons (Fsp3) is 0.133. The molecule has 0 aliphatic rings. The van der Waals surface area contributed by atoms with E-state index in [0.717, 1.165) is 5.56 Å². The first kappa shape index (κ1) is 26.7. The molecule has 4 rings (SSSR count). The molecule has 8 heteroatoms. The van der Waals surface area contributed by atoms with E-state index < -0.39 is 5.91 Å². The van der Waals surface area contributed by atoms with Gasteiger partial charge < -0.3 is 14.2 Å². The lowest BCUT2D eigenvalue weighted by Crippen LogP contribution is -2.18. The summed E-state index contributed by atoms with van der Waals surface area (Å²) in [5.41, 5.74) is 4.80. The van der Waals surface area contributed by atoms with Crippen molar-refractivity contribution in [2.75, 3.05) is 6.61 Å². The predicted molar refractivity (Wildman–Crippen MR) is 146 cm³/mol. The first-order valence-electron chi connectivity index (χ1n) is 12.0. The third-order valence-corrected chi connectivity index (χ3v) is 5.66. The van der Waals surface area contributed by atoms with Crippen LogP contribution in [0.5, 0.6) is 17.2 Å². The topological polar surface area (TPSA) is 69.2 Å². The van der Waals surface area contributed by atoms with E-state index in [0.29, 0.717) is 52.2 Å². The molecule has 38 heavy (non-hydrogen) atoms. The van der Waals surface area contributed by atoms with Gasteiger partial charge in [-0.25, -0.2) is 9.82 Å². The molecule has 0 saturated carbocycles. The summed E-state index contributed by atoms with van der Waals surface area (Å²) in [6.07, 6.45) is 1.42. The lowest BCUT2D eigenvalue weighted by atomic mass is 10.2. The number of amides is 1. The Labute approximate surface area is 225 Å². The van der Waals surface area contributed by atoms with Crippen molar-refractivity contribution in [3.05, 3.63) is 124 Å². The van der Waals surface area contributed by atoms with Crippen molar-refractivity contribution in [3.63, 3.8) is 0 Å². The van der Waals surface area contributed by atoms with Crippen LogP contribution >= 0.6 is 11.6 Å². The van der Waals surface area contributed by atoms with Crippen LogP contribution in [0.25, 0.3) is 0 Å². The number of carbonyl (C=O) groups excluding carboxylic acids is 1. The smallest absolute Gasteiger partial charge is 0.271 e. The van der Waals surface area contributed by atoms with Crippen LogP contribution < -0.4 is 19.6 Å². The number of hydrogen-bond acceptors (Lipinski definition) is 5. The zero-order valence-electron chi connectivity index (χ0n) is 20.7. The molecule has 1 amide bonds. The average Bonchev–Trinajstić information content (AvgIpc) is 2.93. The maximum absolute atomic E-state index is 13.9. The Hall–Kier alpha value is -4.36. The molecule has 0 fully saturated rings. The van der Waals surface area contributed by atoms with Gasteiger partial charge in [0.1, 0.15) is 24.8 Å². The van der Waals surface area contributed by atoms with Crippen LogP contribution in [-0.2, 0) is 13.2 Å². The van der Waals surface area contributed by atoms with E-state index in [4.69, 9.17) is 25.8 Å². The van der Waals surface area contributed by atoms with Crippen LogP contribution in [0.2, 0.25) is 5.02 Å². The van der Waals surface area contributed by atoms with Gasteiger partial charge in [-0.15, -0.1) is 0 Å². The van der Waals surface area contributed by atoms with Crippen LogP contribution in [-0.4, -0.2) is 18.7 Å². The molecule has 0 radical (unpaired) electrons. The van der Waals surface area contributed by atoms with E-state index in [-0.39, 0.29) is 12.4 Å². The fourth-order valence-corrected chi connectivity index (χ4v) is 3.70. The van der Waals surface area contributed by atoms with Gasteiger partial charge in [0.2, 0.25) is 0 Å². The number of halogens is 2. The van der Waals surface area contributed by atoms with E-state index >= 15 is 0 Å². The van der Waals surface area contributed by atoms with Crippen molar-refractivity contribution in [3.8, 4) is 17.2 Å². The summed E-state index contributed by atoms with van der Waals surface area (Å²) < 4.78 is 31.3. The van der Waals surface area contributed by atoms with Gasteiger partial charge in [0.05, 0.1) is 12.8 Å². The molecule has 0 bridgehead atoms. The molecule has 0 unspecified atom stereocenters. The monoisotopic (exact) mass is 532 g/mol. The Bertz CT molecular complexity index is 1410. The summed E-state index contributed by atoms with van der Waals surface area (Å²) in [5, 5.41) is 4.52. The summed E-state index contributed by atoms with van der Waals surface area (Å²) in [6, 6.07) is 26.0. The number of nitrogens with zero attached hydrogens (tertiary/aromatic N) is 1. The van der Waals surface area contributed by atoms with Gasteiger partial charge in [0.15, 0.2) is 11.5 Å². The minimum atomic E-state index is -0.437. The molecule has 194 valence electrons. The lowest BCUT2D eigenvalue weighted by molar-refractivity contribution is 0.0954. The normalized spacial score (nSPS) is 10.8. The van der Waals surface area contributed by atoms with Crippen LogP contribution in [0.4, 0.5) is 4.39 Å². The van der Waals surface area contributed by atoms with Gasteiger partial charge in [-0.05, 0) is 55.0 Å². The van der Waals surface area contributed by atoms with Crippen LogP contribution in [0, 0.1) is 5.82 Å². The quantitative estimate of drug-likeness (QED) is 0.170. The van der Waals surface area contributed by atoms with E-state index in [1.807, 2.05) is 37.3 Å². The Kier molecular flexibility index (Phi) is 9.32. The van der Waals surface area contributed by atoms with Crippen molar-refractivity contribution in [2.24, 2.45) is 5.10 Å². The molecule has 0 aromatic heterocycles. The van der Waals surface area contributed by atoms with Crippen molar-refractivity contribution in [2.45, 2.75) is 20.1 Å². The standard InChI is InChI=1S/C30H26ClFN2O4/c1-2-36-29-17-22(12-14-28(29)37-19-21-8-4-3-5-9-21)30(35)34-33-18-24-16-25(31)13-15-27(24)38-20-23-10-6-7-11-26(23)32/h3-18H,2,19-20H2,1H3,(H,34,35)/b33-18+. The molecule has 0 spiro atoms. The van der Waals surface area contributed by atoms with Gasteiger partial charge in [0, 0.05) is 21.7 Å². The molecule has 0 atom stereocenters. The first-order chi connectivity index (χ1) is 18.5. The van der Waals surface area contributed by atoms with Gasteiger partial charge in [-0.2, -0.15) is 5.10 Å². The molecule has 0 saturated heterocycles. The summed E-state index contributed by atoms with van der Waals surface area (Å²) in [6.45, 7) is 2.67. The Balaban J connectivity index is 1.42. The molecule has 1 N–H and O–H groups in total. The second-order valence-electron chi connectivity index (χ2n) is 8.13. The number of nitrogens with one attached hydrogen (secondary N) is 1. The summed E-state index contributed by atoms with van der Waals surface area (Å²) in [4.78, 5) is 12.8. The number of carbonyl (C=O) groups is 1. The zero-order valence-corrected chi connectivity index (χ0v) is 21.5. The highest BCUT2D eigenvalue weighted by Crippen LogP contribution is 2.29. The average molecular weight is 533 g/mol. The highest BCUT2D eigenvalue weighted by molar-refractivity contribution is 6.30. The van der Waals surface area contributed by atoms with Gasteiger partial charge in [0.25, 0.3) is 5.91 Å². The molecule has 4 aromatic carbocycles. The van der Waals surface area contributed by atoms with Crippen molar-refractivity contribution in [1.82, 2.24) is 5.43 Å². The molecule has 0 aliphatic carbocycles. The van der Waals surface area contributed by atoms with E-state index in [1.54, 1.807) is 54.6 Å². The van der Waals surface area contributed by atoms with Crippen LogP contribution in [0.1, 0.15) is 34.0 Å². The maximum Gasteiger partial charge on any atom is 0.271 e. The SMILES string of the molecule is CCOc1cc(C(=O)N/N=C/c2cc(Cl)ccc2OCc2ccccc2F)ccc1OCc1ccccc1. The molecular formula is C30H26ClFN2O4. The fourth-order valence-electron chi connectivity index (χ4n) is 3.52. The highest BCUT2D eigenvalue weighted by atomic mass is 35.5. The predicted octanol–water partition coefficient (Wildman–Crippen LogP) is 6.80. The second-order valence-corrected chi connectivity index (χ2v) is 8.57. The zero-order chi connectivity index (χ0) is 26.7. The Morgan fingerprint density at radius 3 is 2.39 bits per heavy atom. The molecule has 4 aromatic rings. The minimum absolute atomic E-state index is 0.0282. The molecule has 6 nitrogen and oxygen atoms in total. The highest BCUT2D eigenvalue weighted by Gasteiger charge is 2.12. The molecular weight excluding hydrogens is 507 g/mol. The summed E-state index contributed by atoms with van der Waals surface area (Å²) >= 11 is 6.13. The van der Waals surface area contributed by atoms with Gasteiger partial charge >= 0.3 is 0 Å².